The van der Waals surface area contributed by atoms with Crippen molar-refractivity contribution in [2.75, 3.05) is 33.3 Å². The number of guanidine groups is 1. The van der Waals surface area contributed by atoms with E-state index < -0.39 is 0 Å². The molecule has 1 aliphatic carbocycles. The number of hydrogen-bond donors (Lipinski definition) is 2. The lowest BCUT2D eigenvalue weighted by Crippen LogP contribution is -2.46. The number of hydrogen-bond acceptors (Lipinski definition) is 4. The maximum atomic E-state index is 12.6. The van der Waals surface area contributed by atoms with E-state index >= 15 is 0 Å². The first-order valence-corrected chi connectivity index (χ1v) is 11.6. The van der Waals surface area contributed by atoms with Crippen LogP contribution in [-0.4, -0.2) is 61.7 Å². The highest BCUT2D eigenvalue weighted by atomic mass is 127. The normalized spacial score (nSPS) is 22.2. The van der Waals surface area contributed by atoms with Crippen molar-refractivity contribution in [1.82, 2.24) is 15.5 Å². The molecule has 2 fully saturated rings. The van der Waals surface area contributed by atoms with E-state index in [1.54, 1.807) is 7.05 Å². The Balaban J connectivity index is 0.00000289. The number of benzene rings is 1. The number of nitrogens with one attached hydrogen (secondary N) is 2. The van der Waals surface area contributed by atoms with E-state index in [0.717, 1.165) is 56.2 Å². The van der Waals surface area contributed by atoms with Crippen LogP contribution in [0, 0.1) is 5.92 Å². The van der Waals surface area contributed by atoms with Gasteiger partial charge in [0, 0.05) is 44.1 Å². The molecule has 2 aliphatic heterocycles. The molecule has 8 heteroatoms. The summed E-state index contributed by atoms with van der Waals surface area (Å²) in [6.07, 6.45) is 6.36. The lowest BCUT2D eigenvalue weighted by Gasteiger charge is -2.21. The molecule has 32 heavy (non-hydrogen) atoms. The van der Waals surface area contributed by atoms with Gasteiger partial charge in [0.05, 0.1) is 6.54 Å². The van der Waals surface area contributed by atoms with Crippen LogP contribution < -0.4 is 20.1 Å². The van der Waals surface area contributed by atoms with Gasteiger partial charge in [0.15, 0.2) is 17.5 Å². The molecule has 1 atom stereocenters. The van der Waals surface area contributed by atoms with Crippen molar-refractivity contribution in [2.45, 2.75) is 64.0 Å². The van der Waals surface area contributed by atoms with Crippen LogP contribution in [0.25, 0.3) is 0 Å². The molecule has 1 amide bonds. The molecule has 1 saturated carbocycles. The smallest absolute Gasteiger partial charge is 0.225 e. The van der Waals surface area contributed by atoms with Crippen LogP contribution in [0.2, 0.25) is 0 Å². The maximum absolute atomic E-state index is 12.6. The summed E-state index contributed by atoms with van der Waals surface area (Å²) in [5, 5.41) is 6.78. The predicted octanol–water partition coefficient (Wildman–Crippen LogP) is 3.35. The number of para-hydroxylation sites is 1. The number of carbonyl (C=O) groups is 1. The van der Waals surface area contributed by atoms with Gasteiger partial charge in [-0.1, -0.05) is 25.0 Å². The van der Waals surface area contributed by atoms with E-state index in [4.69, 9.17) is 9.47 Å². The first kappa shape index (κ1) is 24.9. The van der Waals surface area contributed by atoms with Crippen molar-refractivity contribution in [3.63, 3.8) is 0 Å². The minimum absolute atomic E-state index is 0. The third-order valence-electron chi connectivity index (χ3n) is 6.48. The summed E-state index contributed by atoms with van der Waals surface area (Å²) in [4.78, 5) is 19.0. The van der Waals surface area contributed by atoms with Crippen LogP contribution >= 0.6 is 24.0 Å². The van der Waals surface area contributed by atoms with Gasteiger partial charge in [-0.3, -0.25) is 9.79 Å². The van der Waals surface area contributed by atoms with Gasteiger partial charge in [0.25, 0.3) is 0 Å². The number of fused-ring (bicyclic) bond motifs is 1. The molecular formula is C24H37IN4O3. The Morgan fingerprint density at radius 2 is 2.06 bits per heavy atom. The highest BCUT2D eigenvalue weighted by Crippen LogP contribution is 2.41. The fourth-order valence-electron chi connectivity index (χ4n) is 4.93. The monoisotopic (exact) mass is 556 g/mol. The molecule has 2 heterocycles. The number of likely N-dealkylation sites (tertiary alicyclic amines) is 1. The second-order valence-electron chi connectivity index (χ2n) is 9.53. The number of ether oxygens (including phenoxy) is 2. The van der Waals surface area contributed by atoms with Gasteiger partial charge in [-0.25, -0.2) is 0 Å². The van der Waals surface area contributed by atoms with Crippen LogP contribution in [0.3, 0.4) is 0 Å². The molecule has 1 aromatic rings. The average Bonchev–Trinajstić information content (AvgIpc) is 3.48. The maximum Gasteiger partial charge on any atom is 0.225 e. The molecule has 4 rings (SSSR count). The number of rotatable bonds is 6. The molecule has 0 bridgehead atoms. The van der Waals surface area contributed by atoms with Crippen molar-refractivity contribution in [3.8, 4) is 11.5 Å². The summed E-state index contributed by atoms with van der Waals surface area (Å²) < 4.78 is 12.1. The summed E-state index contributed by atoms with van der Waals surface area (Å²) in [5.41, 5.74) is 1.02. The summed E-state index contributed by atoms with van der Waals surface area (Å²) in [6, 6.07) is 6.32. The summed E-state index contributed by atoms with van der Waals surface area (Å²) in [5.74, 6) is 3.01. The zero-order valence-electron chi connectivity index (χ0n) is 19.5. The molecular weight excluding hydrogens is 519 g/mol. The van der Waals surface area contributed by atoms with E-state index in [-0.39, 0.29) is 41.5 Å². The van der Waals surface area contributed by atoms with Crippen molar-refractivity contribution in [2.24, 2.45) is 10.9 Å². The van der Waals surface area contributed by atoms with Crippen molar-refractivity contribution < 1.29 is 14.3 Å². The largest absolute Gasteiger partial charge is 0.488 e. The Bertz CT molecular complexity index is 823. The van der Waals surface area contributed by atoms with Crippen molar-refractivity contribution in [1.29, 1.82) is 0 Å². The molecule has 0 aromatic heterocycles. The van der Waals surface area contributed by atoms with Crippen LogP contribution in [0.5, 0.6) is 11.5 Å². The second kappa shape index (κ2) is 10.9. The van der Waals surface area contributed by atoms with Gasteiger partial charge in [-0.15, -0.1) is 24.0 Å². The van der Waals surface area contributed by atoms with Gasteiger partial charge in [-0.2, -0.15) is 0 Å². The number of amides is 1. The van der Waals surface area contributed by atoms with Crippen LogP contribution in [0.1, 0.15) is 51.5 Å². The molecule has 178 valence electrons. The Morgan fingerprint density at radius 3 is 2.81 bits per heavy atom. The fourth-order valence-corrected chi connectivity index (χ4v) is 4.93. The average molecular weight is 556 g/mol. The molecule has 1 saturated heterocycles. The SMILES string of the molecule is CN=C(NCCOc1cccc2c1OC(C)(C)C2)NC1CCN(C(=O)C2CCCC2)C1.I. The summed E-state index contributed by atoms with van der Waals surface area (Å²) in [6.45, 7) is 6.93. The highest BCUT2D eigenvalue weighted by Gasteiger charge is 2.33. The molecule has 3 aliphatic rings. The van der Waals surface area contributed by atoms with Gasteiger partial charge >= 0.3 is 0 Å². The molecule has 1 aromatic carbocycles. The topological polar surface area (TPSA) is 75.2 Å². The van der Waals surface area contributed by atoms with Crippen LogP contribution in [-0.2, 0) is 11.2 Å². The van der Waals surface area contributed by atoms with Crippen molar-refractivity contribution in [3.05, 3.63) is 23.8 Å². The van der Waals surface area contributed by atoms with Gasteiger partial charge in [0.2, 0.25) is 5.91 Å². The Kier molecular flexibility index (Phi) is 8.52. The Labute approximate surface area is 208 Å². The third kappa shape index (κ3) is 5.99. The van der Waals surface area contributed by atoms with E-state index in [9.17, 15) is 4.79 Å². The molecule has 2 N–H and O–H groups in total. The summed E-state index contributed by atoms with van der Waals surface area (Å²) >= 11 is 0. The first-order valence-electron chi connectivity index (χ1n) is 11.6. The van der Waals surface area contributed by atoms with E-state index in [1.807, 2.05) is 17.0 Å². The quantitative estimate of drug-likeness (QED) is 0.244. The molecule has 7 nitrogen and oxygen atoms in total. The fraction of sp³-hybridized carbons (Fsp3) is 0.667. The van der Waals surface area contributed by atoms with Crippen LogP contribution in [0.4, 0.5) is 0 Å². The lowest BCUT2D eigenvalue weighted by atomic mass is 10.0. The molecule has 0 spiro atoms. The van der Waals surface area contributed by atoms with E-state index in [0.29, 0.717) is 19.1 Å². The number of aliphatic imine (C=N–C) groups is 1. The predicted molar refractivity (Wildman–Crippen MR) is 137 cm³/mol. The lowest BCUT2D eigenvalue weighted by molar-refractivity contribution is -0.134. The van der Waals surface area contributed by atoms with E-state index in [1.165, 1.54) is 18.4 Å². The zero-order valence-corrected chi connectivity index (χ0v) is 21.8. The molecule has 0 radical (unpaired) electrons. The Morgan fingerprint density at radius 1 is 1.28 bits per heavy atom. The first-order chi connectivity index (χ1) is 14.9. The van der Waals surface area contributed by atoms with Gasteiger partial charge in [-0.05, 0) is 39.2 Å². The highest BCUT2D eigenvalue weighted by molar-refractivity contribution is 14.0. The number of carbonyl (C=O) groups excluding carboxylic acids is 1. The molecule has 1 unspecified atom stereocenters. The van der Waals surface area contributed by atoms with Crippen molar-refractivity contribution >= 4 is 35.8 Å². The number of halogens is 1. The Hall–Kier alpha value is -1.71. The van der Waals surface area contributed by atoms with Gasteiger partial charge in [0.1, 0.15) is 12.2 Å². The van der Waals surface area contributed by atoms with Crippen LogP contribution in [0.15, 0.2) is 23.2 Å². The van der Waals surface area contributed by atoms with E-state index in [2.05, 4.69) is 35.5 Å². The summed E-state index contributed by atoms with van der Waals surface area (Å²) in [7, 11) is 1.77. The minimum atomic E-state index is -0.180. The van der Waals surface area contributed by atoms with Gasteiger partial charge < -0.3 is 25.0 Å². The standard InChI is InChI=1S/C24H36N4O3.HI/c1-24(2)15-18-9-6-10-20(21(18)31-24)30-14-12-26-23(25-3)27-19-11-13-28(16-19)22(29)17-7-4-5-8-17;/h6,9-10,17,19H,4-5,7-8,11-16H2,1-3H3,(H2,25,26,27);1H. The third-order valence-corrected chi connectivity index (χ3v) is 6.48. The zero-order chi connectivity index (χ0) is 21.8. The number of nitrogens with zero attached hydrogens (tertiary/aromatic N) is 2. The minimum Gasteiger partial charge on any atom is -0.488 e. The second-order valence-corrected chi connectivity index (χ2v) is 9.53.